The Labute approximate surface area is 144 Å². The van der Waals surface area contributed by atoms with Gasteiger partial charge in [-0.1, -0.05) is 44.0 Å². The second kappa shape index (κ2) is 9.22. The molecule has 0 amide bonds. The Kier molecular flexibility index (Phi) is 7.61. The van der Waals surface area contributed by atoms with Crippen molar-refractivity contribution in [3.63, 3.8) is 0 Å². The van der Waals surface area contributed by atoms with E-state index in [9.17, 15) is 4.57 Å². The largest absolute Gasteiger partial charge is 0.343 e. The third kappa shape index (κ3) is 5.32. The highest BCUT2D eigenvalue weighted by Gasteiger charge is 2.40. The standard InChI is InChI=1S/C17H28NO3PS/c1-4-20-22(19,21-5-2)17(13-15-10-8-9-14(15)3)23-16-11-6-7-12-18-16/h6-7,11-12,14-15,17H,4-5,8-10,13H2,1-3H3/t14-,15+,17?/m0/s1. The van der Waals surface area contributed by atoms with Crippen LogP contribution < -0.4 is 0 Å². The quantitative estimate of drug-likeness (QED) is 0.426. The van der Waals surface area contributed by atoms with Gasteiger partial charge in [-0.3, -0.25) is 4.57 Å². The molecule has 0 aliphatic heterocycles. The third-order valence-electron chi connectivity index (χ3n) is 4.41. The fraction of sp³-hybridized carbons (Fsp3) is 0.706. The van der Waals surface area contributed by atoms with Crippen LogP contribution in [-0.4, -0.2) is 23.2 Å². The van der Waals surface area contributed by atoms with Gasteiger partial charge in [0.15, 0.2) is 0 Å². The first-order valence-corrected chi connectivity index (χ1v) is 11.0. The predicted octanol–water partition coefficient (Wildman–Crippen LogP) is 5.59. The number of thioether (sulfide) groups is 1. The molecule has 0 aromatic carbocycles. The lowest BCUT2D eigenvalue weighted by Gasteiger charge is -2.28. The molecule has 0 bridgehead atoms. The maximum atomic E-state index is 13.3. The maximum absolute atomic E-state index is 13.3. The lowest BCUT2D eigenvalue weighted by atomic mass is 9.96. The molecule has 1 heterocycles. The lowest BCUT2D eigenvalue weighted by Crippen LogP contribution is -2.17. The van der Waals surface area contributed by atoms with Crippen LogP contribution in [0.4, 0.5) is 0 Å². The molecule has 1 fully saturated rings. The van der Waals surface area contributed by atoms with Crippen molar-refractivity contribution in [2.24, 2.45) is 11.8 Å². The van der Waals surface area contributed by atoms with E-state index in [1.165, 1.54) is 19.3 Å². The van der Waals surface area contributed by atoms with Gasteiger partial charge in [-0.05, 0) is 44.2 Å². The summed E-state index contributed by atoms with van der Waals surface area (Å²) in [6.07, 6.45) is 6.36. The summed E-state index contributed by atoms with van der Waals surface area (Å²) >= 11 is 1.54. The predicted molar refractivity (Wildman–Crippen MR) is 95.9 cm³/mol. The SMILES string of the molecule is CCOP(=O)(OCC)C(C[C@H]1CCC[C@@H]1C)Sc1ccccn1. The fourth-order valence-corrected chi connectivity index (χ4v) is 6.96. The van der Waals surface area contributed by atoms with E-state index in [1.54, 1.807) is 18.0 Å². The van der Waals surface area contributed by atoms with Gasteiger partial charge in [0.05, 0.1) is 18.2 Å². The van der Waals surface area contributed by atoms with Gasteiger partial charge in [-0.25, -0.2) is 4.98 Å². The molecule has 3 atom stereocenters. The van der Waals surface area contributed by atoms with Crippen molar-refractivity contribution in [3.8, 4) is 0 Å². The molecular weight excluding hydrogens is 329 g/mol. The lowest BCUT2D eigenvalue weighted by molar-refractivity contribution is 0.214. The minimum absolute atomic E-state index is 0.192. The van der Waals surface area contributed by atoms with Gasteiger partial charge in [-0.15, -0.1) is 0 Å². The van der Waals surface area contributed by atoms with Gasteiger partial charge >= 0.3 is 7.60 Å². The van der Waals surface area contributed by atoms with Gasteiger partial charge < -0.3 is 9.05 Å². The first kappa shape index (κ1) is 19.0. The molecule has 0 saturated heterocycles. The first-order chi connectivity index (χ1) is 11.1. The van der Waals surface area contributed by atoms with Crippen molar-refractivity contribution in [2.75, 3.05) is 13.2 Å². The maximum Gasteiger partial charge on any atom is 0.343 e. The van der Waals surface area contributed by atoms with Crippen LogP contribution >= 0.6 is 19.4 Å². The highest BCUT2D eigenvalue weighted by molar-refractivity contribution is 8.05. The van der Waals surface area contributed by atoms with Crippen molar-refractivity contribution in [1.29, 1.82) is 0 Å². The molecule has 130 valence electrons. The van der Waals surface area contributed by atoms with Gasteiger partial charge in [0.25, 0.3) is 0 Å². The van der Waals surface area contributed by atoms with E-state index >= 15 is 0 Å². The monoisotopic (exact) mass is 357 g/mol. The number of nitrogens with zero attached hydrogens (tertiary/aromatic N) is 1. The van der Waals surface area contributed by atoms with E-state index < -0.39 is 7.60 Å². The topological polar surface area (TPSA) is 48.4 Å². The molecular formula is C17H28NO3PS. The summed E-state index contributed by atoms with van der Waals surface area (Å²) in [6, 6.07) is 5.80. The summed E-state index contributed by atoms with van der Waals surface area (Å²) in [4.78, 5) is 4.18. The normalized spacial score (nSPS) is 23.1. The average Bonchev–Trinajstić information content (AvgIpc) is 2.93. The van der Waals surface area contributed by atoms with Crippen LogP contribution in [0, 0.1) is 11.8 Å². The van der Waals surface area contributed by atoms with E-state index in [4.69, 9.17) is 9.05 Å². The molecule has 1 aliphatic rings. The van der Waals surface area contributed by atoms with E-state index in [1.807, 2.05) is 32.0 Å². The molecule has 0 N–H and O–H groups in total. The van der Waals surface area contributed by atoms with E-state index in [0.29, 0.717) is 25.0 Å². The second-order valence-corrected chi connectivity index (χ2v) is 9.81. The Hall–Kier alpha value is -0.350. The van der Waals surface area contributed by atoms with Crippen LogP contribution in [0.2, 0.25) is 0 Å². The minimum Gasteiger partial charge on any atom is -0.308 e. The molecule has 1 aromatic rings. The third-order valence-corrected chi connectivity index (χ3v) is 8.60. The summed E-state index contributed by atoms with van der Waals surface area (Å²) in [5.41, 5.74) is 0. The molecule has 23 heavy (non-hydrogen) atoms. The molecule has 1 aliphatic carbocycles. The summed E-state index contributed by atoms with van der Waals surface area (Å²) in [5, 5.41) is 0.878. The average molecular weight is 357 g/mol. The van der Waals surface area contributed by atoms with Crippen molar-refractivity contribution >= 4 is 19.4 Å². The second-order valence-electron chi connectivity index (χ2n) is 6.02. The Bertz CT molecular complexity index is 504. The van der Waals surface area contributed by atoms with Crippen LogP contribution in [0.3, 0.4) is 0 Å². The van der Waals surface area contributed by atoms with Crippen LogP contribution in [0.25, 0.3) is 0 Å². The van der Waals surface area contributed by atoms with Crippen molar-refractivity contribution in [2.45, 2.75) is 56.5 Å². The smallest absolute Gasteiger partial charge is 0.308 e. The zero-order valence-electron chi connectivity index (χ0n) is 14.3. The van der Waals surface area contributed by atoms with E-state index in [-0.39, 0.29) is 4.99 Å². The van der Waals surface area contributed by atoms with Gasteiger partial charge in [0.2, 0.25) is 0 Å². The van der Waals surface area contributed by atoms with Crippen LogP contribution in [0.15, 0.2) is 29.4 Å². The number of hydrogen-bond donors (Lipinski definition) is 0. The zero-order chi connectivity index (χ0) is 16.7. The number of aromatic nitrogens is 1. The van der Waals surface area contributed by atoms with Crippen LogP contribution in [-0.2, 0) is 13.6 Å². The Morgan fingerprint density at radius 3 is 2.57 bits per heavy atom. The highest BCUT2D eigenvalue weighted by Crippen LogP contribution is 2.61. The summed E-state index contributed by atoms with van der Waals surface area (Å²) < 4.78 is 24.6. The van der Waals surface area contributed by atoms with Crippen molar-refractivity contribution in [1.82, 2.24) is 4.98 Å². The first-order valence-electron chi connectivity index (χ1n) is 8.55. The summed E-state index contributed by atoms with van der Waals surface area (Å²) in [6.45, 7) is 6.83. The van der Waals surface area contributed by atoms with Gasteiger partial charge in [0, 0.05) is 6.20 Å². The number of hydrogen-bond acceptors (Lipinski definition) is 5. The molecule has 0 spiro atoms. The molecule has 1 saturated carbocycles. The Morgan fingerprint density at radius 2 is 2.04 bits per heavy atom. The number of rotatable bonds is 9. The summed E-state index contributed by atoms with van der Waals surface area (Å²) in [5.74, 6) is 1.27. The Balaban J connectivity index is 2.19. The highest BCUT2D eigenvalue weighted by atomic mass is 32.2. The van der Waals surface area contributed by atoms with Gasteiger partial charge in [0.1, 0.15) is 4.99 Å². The van der Waals surface area contributed by atoms with E-state index in [2.05, 4.69) is 11.9 Å². The van der Waals surface area contributed by atoms with Crippen molar-refractivity contribution in [3.05, 3.63) is 24.4 Å². The molecule has 6 heteroatoms. The zero-order valence-corrected chi connectivity index (χ0v) is 16.0. The van der Waals surface area contributed by atoms with Crippen molar-refractivity contribution < 1.29 is 13.6 Å². The molecule has 2 rings (SSSR count). The summed E-state index contributed by atoms with van der Waals surface area (Å²) in [7, 11) is -3.15. The van der Waals surface area contributed by atoms with Crippen LogP contribution in [0.5, 0.6) is 0 Å². The Morgan fingerprint density at radius 1 is 1.30 bits per heavy atom. The van der Waals surface area contributed by atoms with E-state index in [0.717, 1.165) is 11.4 Å². The molecule has 4 nitrogen and oxygen atoms in total. The van der Waals surface area contributed by atoms with Gasteiger partial charge in [-0.2, -0.15) is 0 Å². The molecule has 1 unspecified atom stereocenters. The molecule has 1 aromatic heterocycles. The van der Waals surface area contributed by atoms with Crippen LogP contribution in [0.1, 0.15) is 46.5 Å². The molecule has 0 radical (unpaired) electrons. The number of pyridine rings is 1. The fourth-order valence-electron chi connectivity index (χ4n) is 3.19. The minimum atomic E-state index is -3.15.